The Morgan fingerprint density at radius 2 is 1.94 bits per heavy atom. The number of benzene rings is 1. The summed E-state index contributed by atoms with van der Waals surface area (Å²) >= 11 is 5.62. The van der Waals surface area contributed by atoms with Crippen LogP contribution in [-0.4, -0.2) is 45.8 Å². The summed E-state index contributed by atoms with van der Waals surface area (Å²) in [7, 11) is 0. The molecule has 32 heavy (non-hydrogen) atoms. The highest BCUT2D eigenvalue weighted by molar-refractivity contribution is 6.30. The molecule has 11 heteroatoms. The number of hydrogen-bond donors (Lipinski definition) is 2. The molecule has 0 atom stereocenters. The lowest BCUT2D eigenvalue weighted by Gasteiger charge is -2.40. The van der Waals surface area contributed by atoms with Gasteiger partial charge in [0.1, 0.15) is 34.9 Å². The van der Waals surface area contributed by atoms with Gasteiger partial charge in [-0.3, -0.25) is 0 Å². The first-order valence-corrected chi connectivity index (χ1v) is 10.2. The van der Waals surface area contributed by atoms with E-state index in [-0.39, 0.29) is 22.6 Å². The number of anilines is 3. The number of halogens is 3. The normalized spacial score (nSPS) is 14.2. The van der Waals surface area contributed by atoms with E-state index in [1.165, 1.54) is 6.33 Å². The quantitative estimate of drug-likeness (QED) is 0.555. The third-order valence-corrected chi connectivity index (χ3v) is 4.95. The number of carbonyl (C=O) groups is 1. The SMILES string of the molecule is CC(C)(C)OC(=O)NC1CN(c2ccc3ncnc(Nc4cc(F)c(Cl)cc4F)c3n2)C1. The Hall–Kier alpha value is -3.27. The molecule has 0 radical (unpaired) electrons. The van der Waals surface area contributed by atoms with Crippen molar-refractivity contribution in [1.82, 2.24) is 20.3 Å². The highest BCUT2D eigenvalue weighted by Gasteiger charge is 2.31. The molecule has 0 spiro atoms. The topological polar surface area (TPSA) is 92.3 Å². The van der Waals surface area contributed by atoms with Crippen LogP contribution in [0.1, 0.15) is 20.8 Å². The highest BCUT2D eigenvalue weighted by Crippen LogP contribution is 2.29. The summed E-state index contributed by atoms with van der Waals surface area (Å²) in [6.45, 7) is 6.50. The van der Waals surface area contributed by atoms with Gasteiger partial charge in [0.2, 0.25) is 0 Å². The van der Waals surface area contributed by atoms with Gasteiger partial charge in [-0.15, -0.1) is 0 Å². The lowest BCUT2D eigenvalue weighted by molar-refractivity contribution is 0.0496. The molecule has 1 aromatic carbocycles. The fourth-order valence-electron chi connectivity index (χ4n) is 3.17. The van der Waals surface area contributed by atoms with E-state index < -0.39 is 23.3 Å². The summed E-state index contributed by atoms with van der Waals surface area (Å²) in [4.78, 5) is 26.8. The minimum absolute atomic E-state index is 0.0712. The first-order chi connectivity index (χ1) is 15.1. The number of aromatic nitrogens is 3. The van der Waals surface area contributed by atoms with Gasteiger partial charge in [-0.2, -0.15) is 0 Å². The van der Waals surface area contributed by atoms with Gasteiger partial charge in [-0.05, 0) is 39.0 Å². The van der Waals surface area contributed by atoms with Gasteiger partial charge in [-0.25, -0.2) is 28.5 Å². The summed E-state index contributed by atoms with van der Waals surface area (Å²) in [5, 5.41) is 5.27. The molecule has 0 aliphatic carbocycles. The number of amides is 1. The molecule has 8 nitrogen and oxygen atoms in total. The minimum atomic E-state index is -0.758. The number of fused-ring (bicyclic) bond motifs is 1. The van der Waals surface area contributed by atoms with Crippen molar-refractivity contribution >= 4 is 46.1 Å². The van der Waals surface area contributed by atoms with Crippen molar-refractivity contribution in [2.24, 2.45) is 0 Å². The molecule has 0 unspecified atom stereocenters. The molecule has 0 bridgehead atoms. The predicted octanol–water partition coefficient (Wildman–Crippen LogP) is 4.41. The van der Waals surface area contributed by atoms with Gasteiger partial charge in [-0.1, -0.05) is 11.6 Å². The average molecular weight is 463 g/mol. The third kappa shape index (κ3) is 4.80. The molecule has 1 fully saturated rings. The molecule has 1 aliphatic rings. The highest BCUT2D eigenvalue weighted by atomic mass is 35.5. The number of rotatable bonds is 4. The molecular weight excluding hydrogens is 442 g/mol. The fourth-order valence-corrected chi connectivity index (χ4v) is 3.32. The molecule has 1 saturated heterocycles. The van der Waals surface area contributed by atoms with E-state index in [0.717, 1.165) is 12.1 Å². The Labute approximate surface area is 188 Å². The number of alkyl carbamates (subject to hydrolysis) is 1. The van der Waals surface area contributed by atoms with Crippen LogP contribution in [0.15, 0.2) is 30.6 Å². The van der Waals surface area contributed by atoms with Gasteiger partial charge >= 0.3 is 6.09 Å². The van der Waals surface area contributed by atoms with Gasteiger partial charge in [0.15, 0.2) is 5.82 Å². The Bertz CT molecular complexity index is 1180. The van der Waals surface area contributed by atoms with Crippen molar-refractivity contribution in [3.8, 4) is 0 Å². The number of hydrogen-bond acceptors (Lipinski definition) is 7. The minimum Gasteiger partial charge on any atom is -0.444 e. The smallest absolute Gasteiger partial charge is 0.407 e. The number of nitrogens with zero attached hydrogens (tertiary/aromatic N) is 4. The van der Waals surface area contributed by atoms with E-state index in [2.05, 4.69) is 25.6 Å². The predicted molar refractivity (Wildman–Crippen MR) is 117 cm³/mol. The van der Waals surface area contributed by atoms with Crippen LogP contribution < -0.4 is 15.5 Å². The van der Waals surface area contributed by atoms with Gasteiger partial charge in [0.05, 0.1) is 22.3 Å². The molecule has 4 rings (SSSR count). The lowest BCUT2D eigenvalue weighted by Crippen LogP contribution is -2.60. The van der Waals surface area contributed by atoms with E-state index in [4.69, 9.17) is 16.3 Å². The number of pyridine rings is 1. The van der Waals surface area contributed by atoms with Gasteiger partial charge < -0.3 is 20.3 Å². The maximum Gasteiger partial charge on any atom is 0.407 e. The average Bonchev–Trinajstić information content (AvgIpc) is 2.67. The van der Waals surface area contributed by atoms with Crippen LogP contribution in [0.2, 0.25) is 5.02 Å². The summed E-state index contributed by atoms with van der Waals surface area (Å²) < 4.78 is 33.3. The maximum absolute atomic E-state index is 14.2. The molecule has 0 saturated carbocycles. The van der Waals surface area contributed by atoms with Crippen LogP contribution in [0, 0.1) is 11.6 Å². The monoisotopic (exact) mass is 462 g/mol. The van der Waals surface area contributed by atoms with Crippen molar-refractivity contribution in [2.45, 2.75) is 32.4 Å². The Kier molecular flexibility index (Phi) is 5.72. The van der Waals surface area contributed by atoms with Gasteiger partial charge in [0.25, 0.3) is 0 Å². The molecule has 1 amide bonds. The Morgan fingerprint density at radius 3 is 2.66 bits per heavy atom. The fraction of sp³-hybridized carbons (Fsp3) is 0.333. The second-order valence-corrected chi connectivity index (χ2v) is 8.79. The largest absolute Gasteiger partial charge is 0.444 e. The van der Waals surface area contributed by atoms with Crippen LogP contribution in [0.3, 0.4) is 0 Å². The zero-order valence-corrected chi connectivity index (χ0v) is 18.4. The standard InChI is InChI=1S/C21H21ClF2N6O2/c1-21(2,3)32-20(31)27-11-8-30(9-11)17-5-4-15-18(29-17)19(26-10-25-15)28-16-7-13(23)12(22)6-14(16)24/h4-7,10-11H,8-9H2,1-3H3,(H,27,31)(H,25,26,28). The molecule has 168 valence electrons. The summed E-state index contributed by atoms with van der Waals surface area (Å²) in [5.74, 6) is -0.619. The number of ether oxygens (including phenoxy) is 1. The second-order valence-electron chi connectivity index (χ2n) is 8.38. The maximum atomic E-state index is 14.2. The van der Waals surface area contributed by atoms with Crippen molar-refractivity contribution in [1.29, 1.82) is 0 Å². The van der Waals surface area contributed by atoms with Crippen LogP contribution in [0.25, 0.3) is 11.0 Å². The van der Waals surface area contributed by atoms with Crippen molar-refractivity contribution in [3.63, 3.8) is 0 Å². The third-order valence-electron chi connectivity index (χ3n) is 4.66. The van der Waals surface area contributed by atoms with E-state index in [1.54, 1.807) is 32.9 Å². The Balaban J connectivity index is 1.50. The molecule has 3 heterocycles. The summed E-state index contributed by atoms with van der Waals surface area (Å²) in [6, 6.07) is 5.33. The first kappa shape index (κ1) is 21.9. The van der Waals surface area contributed by atoms with E-state index in [9.17, 15) is 13.6 Å². The van der Waals surface area contributed by atoms with E-state index in [0.29, 0.717) is 29.9 Å². The van der Waals surface area contributed by atoms with Gasteiger partial charge in [0, 0.05) is 19.2 Å². The summed E-state index contributed by atoms with van der Waals surface area (Å²) in [5.41, 5.74) is 0.238. The van der Waals surface area contributed by atoms with Crippen molar-refractivity contribution < 1.29 is 18.3 Å². The zero-order chi connectivity index (χ0) is 23.0. The lowest BCUT2D eigenvalue weighted by atomic mass is 10.1. The van der Waals surface area contributed by atoms with Crippen LogP contribution >= 0.6 is 11.6 Å². The van der Waals surface area contributed by atoms with Crippen molar-refractivity contribution in [3.05, 3.63) is 47.2 Å². The molecular formula is C21H21ClF2N6O2. The molecule has 2 N–H and O–H groups in total. The first-order valence-electron chi connectivity index (χ1n) is 9.87. The molecule has 2 aromatic heterocycles. The second kappa shape index (κ2) is 8.34. The number of carbonyl (C=O) groups excluding carboxylic acids is 1. The Morgan fingerprint density at radius 1 is 1.19 bits per heavy atom. The van der Waals surface area contributed by atoms with Crippen LogP contribution in [-0.2, 0) is 4.74 Å². The summed E-state index contributed by atoms with van der Waals surface area (Å²) in [6.07, 6.45) is 0.839. The molecule has 1 aliphatic heterocycles. The van der Waals surface area contributed by atoms with Crippen LogP contribution in [0.5, 0.6) is 0 Å². The van der Waals surface area contributed by atoms with Crippen molar-refractivity contribution in [2.75, 3.05) is 23.3 Å². The van der Waals surface area contributed by atoms with E-state index in [1.807, 2.05) is 4.90 Å². The number of nitrogens with one attached hydrogen (secondary N) is 2. The van der Waals surface area contributed by atoms with E-state index >= 15 is 0 Å². The zero-order valence-electron chi connectivity index (χ0n) is 17.6. The molecule has 3 aromatic rings. The van der Waals surface area contributed by atoms with Crippen LogP contribution in [0.4, 0.5) is 30.9 Å².